The van der Waals surface area contributed by atoms with Gasteiger partial charge in [-0.25, -0.2) is 0 Å². The number of alkyl halides is 3. The van der Waals surface area contributed by atoms with Crippen LogP contribution in [0.1, 0.15) is 10.4 Å². The van der Waals surface area contributed by atoms with Crippen molar-refractivity contribution in [3.8, 4) is 0 Å². The van der Waals surface area contributed by atoms with Gasteiger partial charge in [0.25, 0.3) is 0 Å². The zero-order chi connectivity index (χ0) is 26.5. The molecule has 4 aromatic carbocycles. The van der Waals surface area contributed by atoms with Gasteiger partial charge in [0.15, 0.2) is 0 Å². The van der Waals surface area contributed by atoms with Gasteiger partial charge in [-0.15, -0.1) is 0 Å². The van der Waals surface area contributed by atoms with E-state index in [1.807, 2.05) is 91.0 Å². The minimum absolute atomic E-state index is 0. The molecule has 38 heavy (non-hydrogen) atoms. The first-order chi connectivity index (χ1) is 17.7. The molecule has 3 nitrogen and oxygen atoms in total. The topological polar surface area (TPSA) is 43.4 Å². The molecule has 1 unspecified atom stereocenters. The second kappa shape index (κ2) is 13.5. The van der Waals surface area contributed by atoms with E-state index in [0.717, 1.165) is 20.4 Å². The molecule has 0 heterocycles. The van der Waals surface area contributed by atoms with E-state index in [4.69, 9.17) is 2.64 Å². The number of carbonyl (C=O) groups excluding carboxylic acids is 2. The molecule has 0 aliphatic heterocycles. The molecular weight excluding hydrogens is 833 g/mol. The molecule has 4 aromatic rings. The summed E-state index contributed by atoms with van der Waals surface area (Å²) in [6.07, 6.45) is -5.13. The first kappa shape index (κ1) is 30.7. The number of hydrogen-bond acceptors (Lipinski definition) is 3. The standard InChI is InChI=1S/C26H20BrOP.C2HF3O2.BrH.Hg/c27-22-18-16-21(17-19-22)26(28)20-29(23-10-4-1-5-11-23,24-12-6-2-7-13-24)25-14-8-3-9-15-25;3-2(4,5)1(6)7;;/h1-20H;(H,6,7);1H;/q+1;;;+1/p-2. The summed E-state index contributed by atoms with van der Waals surface area (Å²) in [6.45, 7) is 0. The van der Waals surface area contributed by atoms with Gasteiger partial charge in [-0.1, -0.05) is 0 Å². The van der Waals surface area contributed by atoms with Crippen molar-refractivity contribution in [3.05, 3.63) is 125 Å². The van der Waals surface area contributed by atoms with Crippen molar-refractivity contribution in [2.75, 3.05) is 0 Å². The van der Waals surface area contributed by atoms with Crippen molar-refractivity contribution in [1.29, 1.82) is 0 Å². The Hall–Kier alpha value is -1.86. The zero-order valence-electron chi connectivity index (χ0n) is 19.8. The van der Waals surface area contributed by atoms with Gasteiger partial charge in [-0.05, 0) is 0 Å². The molecule has 192 valence electrons. The van der Waals surface area contributed by atoms with Crippen LogP contribution in [-0.4, -0.2) is 21.1 Å². The monoisotopic (exact) mass is 852 g/mol. The summed E-state index contributed by atoms with van der Waals surface area (Å²) in [6, 6.07) is 34.9. The van der Waals surface area contributed by atoms with Crippen LogP contribution < -0.4 is 32.9 Å². The van der Waals surface area contributed by atoms with Crippen LogP contribution in [0.2, 0.25) is 0 Å². The normalized spacial score (nSPS) is 12.0. The molecule has 0 aliphatic rings. The largest absolute Gasteiger partial charge is 1.00 e. The van der Waals surface area contributed by atoms with Crippen molar-refractivity contribution in [1.82, 2.24) is 0 Å². The van der Waals surface area contributed by atoms with E-state index in [1.54, 1.807) is 24.3 Å². The maximum atomic E-state index is 14.3. The average Bonchev–Trinajstić information content (AvgIpc) is 2.92. The van der Waals surface area contributed by atoms with Crippen LogP contribution in [0.4, 0.5) is 13.2 Å². The summed E-state index contributed by atoms with van der Waals surface area (Å²) in [5, 5.41) is 2.52. The number of carbonyl (C=O) groups is 2. The summed E-state index contributed by atoms with van der Waals surface area (Å²) in [5.41, 5.74) is 0.364. The molecule has 10 heteroatoms. The van der Waals surface area contributed by atoms with Crippen molar-refractivity contribution in [2.45, 2.75) is 9.34 Å². The Kier molecular flexibility index (Phi) is 10.9. The molecule has 0 aliphatic carbocycles. The van der Waals surface area contributed by atoms with Gasteiger partial charge in [0.2, 0.25) is 0 Å². The Bertz CT molecular complexity index is 1260. The Labute approximate surface area is 251 Å². The van der Waals surface area contributed by atoms with E-state index in [2.05, 4.69) is 15.9 Å². The summed E-state index contributed by atoms with van der Waals surface area (Å²) < 4.78 is 44.6. The van der Waals surface area contributed by atoms with Gasteiger partial charge in [0.1, 0.15) is 0 Å². The smallest absolute Gasteiger partial charge is 1.00 e. The SMILES string of the molecule is O=C(c1ccc(Br)cc1)[CH]([Hg][O]C(=O)C(F)(F)F)[P+](c1ccccc1)(c1ccccc1)c1ccccc1.[Br-]. The fourth-order valence-corrected chi connectivity index (χ4v) is 23.3. The van der Waals surface area contributed by atoms with Crippen molar-refractivity contribution >= 4 is 50.9 Å². The molecule has 0 amide bonds. The molecular formula is C28H20Br2F3HgO3P. The molecule has 0 bridgehead atoms. The predicted molar refractivity (Wildman–Crippen MR) is 140 cm³/mol. The Morgan fingerprint density at radius 3 is 1.47 bits per heavy atom. The predicted octanol–water partition coefficient (Wildman–Crippen LogP) is 3.06. The van der Waals surface area contributed by atoms with Crippen LogP contribution in [0, 0.1) is 0 Å². The van der Waals surface area contributed by atoms with E-state index in [-0.39, 0.29) is 22.8 Å². The summed E-state index contributed by atoms with van der Waals surface area (Å²) in [5.74, 6) is -2.54. The molecule has 0 saturated heterocycles. The zero-order valence-corrected chi connectivity index (χ0v) is 29.4. The third-order valence-corrected chi connectivity index (χ3v) is 23.1. The summed E-state index contributed by atoms with van der Waals surface area (Å²) >= 11 is -0.0620. The third kappa shape index (κ3) is 6.64. The Balaban J connectivity index is 0.00000400. The molecule has 1 atom stereocenters. The molecule has 0 radical (unpaired) electrons. The van der Waals surface area contributed by atoms with Crippen LogP contribution in [-0.2, 0) is 32.5 Å². The van der Waals surface area contributed by atoms with Crippen molar-refractivity contribution < 1.29 is 67.4 Å². The summed E-state index contributed by atoms with van der Waals surface area (Å²) in [4.78, 5) is 26.2. The minimum Gasteiger partial charge on any atom is -1.00 e. The second-order valence-corrected chi connectivity index (χ2v) is 21.0. The van der Waals surface area contributed by atoms with Crippen LogP contribution in [0.5, 0.6) is 0 Å². The van der Waals surface area contributed by atoms with Crippen molar-refractivity contribution in [3.63, 3.8) is 0 Å². The quantitative estimate of drug-likeness (QED) is 0.156. The van der Waals surface area contributed by atoms with Gasteiger partial charge in [0, 0.05) is 0 Å². The number of rotatable bonds is 8. The van der Waals surface area contributed by atoms with Crippen molar-refractivity contribution in [2.24, 2.45) is 0 Å². The Morgan fingerprint density at radius 1 is 0.711 bits per heavy atom. The fourth-order valence-electron chi connectivity index (χ4n) is 4.38. The maximum absolute atomic E-state index is 14.3. The van der Waals surface area contributed by atoms with E-state index < -0.39 is 47.6 Å². The molecule has 0 saturated carbocycles. The number of hydrogen-bond donors (Lipinski definition) is 0. The number of ketones is 1. The van der Waals surface area contributed by atoms with Crippen LogP contribution >= 0.6 is 23.2 Å². The minimum atomic E-state index is -5.13. The van der Waals surface area contributed by atoms with Crippen LogP contribution in [0.25, 0.3) is 0 Å². The van der Waals surface area contributed by atoms with Gasteiger partial charge >= 0.3 is 236 Å². The Morgan fingerprint density at radius 2 is 1.11 bits per heavy atom. The average molecular weight is 853 g/mol. The molecule has 0 N–H and O–H groups in total. The summed E-state index contributed by atoms with van der Waals surface area (Å²) in [7, 11) is -2.91. The van der Waals surface area contributed by atoms with Gasteiger partial charge in [-0.2, -0.15) is 0 Å². The second-order valence-electron chi connectivity index (χ2n) is 8.21. The third-order valence-electron chi connectivity index (χ3n) is 5.99. The van der Waals surface area contributed by atoms with E-state index >= 15 is 0 Å². The van der Waals surface area contributed by atoms with Crippen LogP contribution in [0.15, 0.2) is 120 Å². The van der Waals surface area contributed by atoms with E-state index in [1.165, 1.54) is 0 Å². The van der Waals surface area contributed by atoms with E-state index in [0.29, 0.717) is 5.56 Å². The molecule has 4 rings (SSSR count). The van der Waals surface area contributed by atoms with Gasteiger partial charge < -0.3 is 17.0 Å². The first-order valence-corrected chi connectivity index (χ1v) is 19.4. The number of benzene rings is 4. The van der Waals surface area contributed by atoms with Gasteiger partial charge in [-0.3, -0.25) is 0 Å². The molecule has 0 fully saturated rings. The number of halogens is 5. The first-order valence-electron chi connectivity index (χ1n) is 11.3. The molecule has 0 aromatic heterocycles. The fraction of sp³-hybridized carbons (Fsp3) is 0.0714. The molecule has 0 spiro atoms. The number of Topliss-reactive ketones (excluding diaryl/α,β-unsaturated/α-hetero) is 1. The van der Waals surface area contributed by atoms with E-state index in [9.17, 15) is 22.8 Å². The maximum Gasteiger partial charge on any atom is -1.00 e. The van der Waals surface area contributed by atoms with Gasteiger partial charge in [0.05, 0.1) is 0 Å². The van der Waals surface area contributed by atoms with Crippen LogP contribution in [0.3, 0.4) is 0 Å².